The van der Waals surface area contributed by atoms with Gasteiger partial charge >= 0.3 is 6.03 Å². The number of amides is 2. The van der Waals surface area contributed by atoms with Crippen molar-refractivity contribution in [3.05, 3.63) is 23.7 Å². The number of aromatic nitrogens is 1. The number of nitrogens with one attached hydrogen (secondary N) is 2. The SMILES string of the molecule is O=C(NCCC1CCCS1)Nc1csc2ncccc12. The maximum atomic E-state index is 11.9. The Morgan fingerprint density at radius 1 is 1.50 bits per heavy atom. The number of rotatable bonds is 4. The summed E-state index contributed by atoms with van der Waals surface area (Å²) in [7, 11) is 0. The zero-order valence-corrected chi connectivity index (χ0v) is 12.7. The average molecular weight is 307 g/mol. The molecule has 1 aliphatic rings. The summed E-state index contributed by atoms with van der Waals surface area (Å²) in [6.45, 7) is 0.740. The van der Waals surface area contributed by atoms with Crippen LogP contribution in [0.2, 0.25) is 0 Å². The van der Waals surface area contributed by atoms with Crippen molar-refractivity contribution in [3.63, 3.8) is 0 Å². The minimum atomic E-state index is -0.128. The quantitative estimate of drug-likeness (QED) is 0.905. The van der Waals surface area contributed by atoms with Crippen molar-refractivity contribution in [1.82, 2.24) is 10.3 Å². The Labute approximate surface area is 126 Å². The van der Waals surface area contributed by atoms with Crippen molar-refractivity contribution in [3.8, 4) is 0 Å². The number of fused-ring (bicyclic) bond motifs is 1. The van der Waals surface area contributed by atoms with Crippen LogP contribution in [0.3, 0.4) is 0 Å². The van der Waals surface area contributed by atoms with E-state index >= 15 is 0 Å². The second-order valence-electron chi connectivity index (χ2n) is 4.81. The number of urea groups is 1. The van der Waals surface area contributed by atoms with Gasteiger partial charge in [-0.15, -0.1) is 11.3 Å². The summed E-state index contributed by atoms with van der Waals surface area (Å²) in [6.07, 6.45) is 5.43. The van der Waals surface area contributed by atoms with Crippen molar-refractivity contribution in [2.45, 2.75) is 24.5 Å². The fraction of sp³-hybridized carbons (Fsp3) is 0.429. The van der Waals surface area contributed by atoms with E-state index in [1.54, 1.807) is 17.5 Å². The van der Waals surface area contributed by atoms with E-state index in [-0.39, 0.29) is 6.03 Å². The number of pyridine rings is 1. The summed E-state index contributed by atoms with van der Waals surface area (Å²) in [5.74, 6) is 1.27. The molecule has 0 saturated carbocycles. The van der Waals surface area contributed by atoms with Gasteiger partial charge in [-0.1, -0.05) is 0 Å². The molecule has 4 nitrogen and oxygen atoms in total. The third-order valence-corrected chi connectivity index (χ3v) is 5.74. The Kier molecular flexibility index (Phi) is 4.42. The van der Waals surface area contributed by atoms with E-state index in [4.69, 9.17) is 0 Å². The van der Waals surface area contributed by atoms with E-state index in [1.807, 2.05) is 29.3 Å². The van der Waals surface area contributed by atoms with Gasteiger partial charge in [0.25, 0.3) is 0 Å². The van der Waals surface area contributed by atoms with E-state index in [9.17, 15) is 4.79 Å². The second-order valence-corrected chi connectivity index (χ2v) is 7.08. The van der Waals surface area contributed by atoms with E-state index in [0.717, 1.165) is 34.1 Å². The number of hydrogen-bond donors (Lipinski definition) is 2. The van der Waals surface area contributed by atoms with Crippen LogP contribution < -0.4 is 10.6 Å². The summed E-state index contributed by atoms with van der Waals surface area (Å²) in [5.41, 5.74) is 0.839. The summed E-state index contributed by atoms with van der Waals surface area (Å²) in [6, 6.07) is 3.73. The second kappa shape index (κ2) is 6.45. The molecule has 106 valence electrons. The van der Waals surface area contributed by atoms with E-state index in [1.165, 1.54) is 18.6 Å². The van der Waals surface area contributed by atoms with Gasteiger partial charge in [-0.2, -0.15) is 11.8 Å². The van der Waals surface area contributed by atoms with Gasteiger partial charge in [0.2, 0.25) is 0 Å². The van der Waals surface area contributed by atoms with Gasteiger partial charge in [-0.3, -0.25) is 0 Å². The van der Waals surface area contributed by atoms with Crippen LogP contribution in [0.4, 0.5) is 10.5 Å². The molecule has 1 aliphatic heterocycles. The Bertz CT molecular complexity index is 593. The molecule has 6 heteroatoms. The number of thioether (sulfide) groups is 1. The number of hydrogen-bond acceptors (Lipinski definition) is 4. The molecule has 0 spiro atoms. The molecule has 0 bridgehead atoms. The predicted octanol–water partition coefficient (Wildman–Crippen LogP) is 3.70. The van der Waals surface area contributed by atoms with Crippen LogP contribution in [-0.4, -0.2) is 28.6 Å². The summed E-state index contributed by atoms with van der Waals surface area (Å²) in [5, 5.41) is 9.49. The number of thiophene rings is 1. The first-order chi connectivity index (χ1) is 9.83. The average Bonchev–Trinajstić information content (AvgIpc) is 3.09. The highest BCUT2D eigenvalue weighted by Gasteiger charge is 2.15. The Balaban J connectivity index is 1.50. The first-order valence-corrected chi connectivity index (χ1v) is 8.74. The lowest BCUT2D eigenvalue weighted by Crippen LogP contribution is -2.30. The molecule has 1 unspecified atom stereocenters. The van der Waals surface area contributed by atoms with E-state index < -0.39 is 0 Å². The molecule has 3 rings (SSSR count). The summed E-state index contributed by atoms with van der Waals surface area (Å²) >= 11 is 3.57. The zero-order valence-electron chi connectivity index (χ0n) is 11.1. The first kappa shape index (κ1) is 13.7. The monoisotopic (exact) mass is 307 g/mol. The summed E-state index contributed by atoms with van der Waals surface area (Å²) < 4.78 is 0. The van der Waals surface area contributed by atoms with Crippen molar-refractivity contribution < 1.29 is 4.79 Å². The molecule has 0 radical (unpaired) electrons. The van der Waals surface area contributed by atoms with Crippen LogP contribution in [-0.2, 0) is 0 Å². The maximum absolute atomic E-state index is 11.9. The number of nitrogens with zero attached hydrogens (tertiary/aromatic N) is 1. The van der Waals surface area contributed by atoms with Gasteiger partial charge in [0.1, 0.15) is 4.83 Å². The van der Waals surface area contributed by atoms with E-state index in [2.05, 4.69) is 15.6 Å². The Morgan fingerprint density at radius 2 is 2.45 bits per heavy atom. The van der Waals surface area contributed by atoms with Crippen LogP contribution in [0.25, 0.3) is 10.2 Å². The molecule has 0 aromatic carbocycles. The maximum Gasteiger partial charge on any atom is 0.319 e. The molecular weight excluding hydrogens is 290 g/mol. The minimum absolute atomic E-state index is 0.128. The molecule has 1 atom stereocenters. The molecule has 2 aromatic rings. The Hall–Kier alpha value is -1.27. The van der Waals surface area contributed by atoms with Crippen LogP contribution in [0, 0.1) is 0 Å². The lowest BCUT2D eigenvalue weighted by Gasteiger charge is -2.10. The number of carbonyl (C=O) groups is 1. The van der Waals surface area contributed by atoms with Crippen LogP contribution in [0.15, 0.2) is 23.7 Å². The van der Waals surface area contributed by atoms with Crippen molar-refractivity contribution in [2.75, 3.05) is 17.6 Å². The highest BCUT2D eigenvalue weighted by Crippen LogP contribution is 2.29. The standard InChI is InChI=1S/C14H17N3OS2/c18-14(16-7-5-10-3-2-8-19-10)17-12-9-20-13-11(12)4-1-6-15-13/h1,4,6,9-10H,2-3,5,7-8H2,(H2,16,17,18). The molecule has 0 aliphatic carbocycles. The van der Waals surface area contributed by atoms with Gasteiger partial charge < -0.3 is 10.6 Å². The summed E-state index contributed by atoms with van der Waals surface area (Å²) in [4.78, 5) is 17.1. The zero-order chi connectivity index (χ0) is 13.8. The number of carbonyl (C=O) groups excluding carboxylic acids is 1. The third-order valence-electron chi connectivity index (χ3n) is 3.37. The number of anilines is 1. The van der Waals surface area contributed by atoms with Gasteiger partial charge in [0.05, 0.1) is 5.69 Å². The van der Waals surface area contributed by atoms with Gasteiger partial charge in [0, 0.05) is 28.8 Å². The van der Waals surface area contributed by atoms with Gasteiger partial charge in [-0.25, -0.2) is 9.78 Å². The molecule has 1 fully saturated rings. The smallest absolute Gasteiger partial charge is 0.319 e. The predicted molar refractivity (Wildman–Crippen MR) is 86.7 cm³/mol. The van der Waals surface area contributed by atoms with Crippen LogP contribution in [0.5, 0.6) is 0 Å². The lowest BCUT2D eigenvalue weighted by molar-refractivity contribution is 0.252. The molecular formula is C14H17N3OS2. The molecule has 3 heterocycles. The molecule has 1 saturated heterocycles. The minimum Gasteiger partial charge on any atom is -0.338 e. The van der Waals surface area contributed by atoms with Crippen LogP contribution in [0.1, 0.15) is 19.3 Å². The van der Waals surface area contributed by atoms with Crippen molar-refractivity contribution in [2.24, 2.45) is 0 Å². The highest BCUT2D eigenvalue weighted by molar-refractivity contribution is 8.00. The van der Waals surface area contributed by atoms with Gasteiger partial charge in [0.15, 0.2) is 0 Å². The van der Waals surface area contributed by atoms with Crippen molar-refractivity contribution >= 4 is 45.0 Å². The largest absolute Gasteiger partial charge is 0.338 e. The topological polar surface area (TPSA) is 54.0 Å². The molecule has 2 aromatic heterocycles. The Morgan fingerprint density at radius 3 is 3.30 bits per heavy atom. The van der Waals surface area contributed by atoms with Crippen molar-refractivity contribution in [1.29, 1.82) is 0 Å². The molecule has 20 heavy (non-hydrogen) atoms. The highest BCUT2D eigenvalue weighted by atomic mass is 32.2. The third kappa shape index (κ3) is 3.24. The molecule has 2 N–H and O–H groups in total. The lowest BCUT2D eigenvalue weighted by atomic mass is 10.2. The van der Waals surface area contributed by atoms with Crippen LogP contribution >= 0.6 is 23.1 Å². The fourth-order valence-electron chi connectivity index (χ4n) is 2.35. The van der Waals surface area contributed by atoms with E-state index in [0.29, 0.717) is 0 Å². The normalized spacial score (nSPS) is 18.3. The van der Waals surface area contributed by atoms with Gasteiger partial charge in [-0.05, 0) is 37.1 Å². The first-order valence-electron chi connectivity index (χ1n) is 6.81. The fourth-order valence-corrected chi connectivity index (χ4v) is 4.48. The molecule has 2 amide bonds.